The highest BCUT2D eigenvalue weighted by molar-refractivity contribution is 5.82. The van der Waals surface area contributed by atoms with Crippen molar-refractivity contribution in [1.29, 1.82) is 5.41 Å². The number of nitrogens with two attached hydrogens (primary N) is 1. The van der Waals surface area contributed by atoms with E-state index in [0.29, 0.717) is 11.1 Å². The average Bonchev–Trinajstić information content (AvgIpc) is 2.87. The molecule has 4 nitrogen and oxygen atoms in total. The lowest BCUT2D eigenvalue weighted by Gasteiger charge is -2.26. The van der Waals surface area contributed by atoms with Crippen LogP contribution in [0.1, 0.15) is 43.9 Å². The van der Waals surface area contributed by atoms with E-state index in [4.69, 9.17) is 15.9 Å². The SMILES string of the molecule is C=C(/C=C(CN(Cc1cc(C)cc(F)c1)C(=N)N)\C(=C/C)c1ccc(OCC(/C=C\C)=C/CC)cc1F)C(F)(F)F. The van der Waals surface area contributed by atoms with Gasteiger partial charge in [0.1, 0.15) is 24.0 Å². The summed E-state index contributed by atoms with van der Waals surface area (Å²) in [4.78, 5) is 1.27. The van der Waals surface area contributed by atoms with E-state index in [9.17, 15) is 17.6 Å². The van der Waals surface area contributed by atoms with Crippen LogP contribution >= 0.6 is 0 Å². The van der Waals surface area contributed by atoms with Crippen molar-refractivity contribution in [1.82, 2.24) is 4.90 Å². The lowest BCUT2D eigenvalue weighted by Crippen LogP contribution is -2.37. The fourth-order valence-electron chi connectivity index (χ4n) is 4.19. The molecule has 41 heavy (non-hydrogen) atoms. The number of aryl methyl sites for hydroxylation is 1. The molecule has 0 aliphatic carbocycles. The van der Waals surface area contributed by atoms with Gasteiger partial charge in [-0.2, -0.15) is 13.2 Å². The number of benzene rings is 2. The summed E-state index contributed by atoms with van der Waals surface area (Å²) in [5, 5.41) is 8.04. The minimum Gasteiger partial charge on any atom is -0.489 e. The van der Waals surface area contributed by atoms with E-state index >= 15 is 4.39 Å². The number of allylic oxidation sites excluding steroid dienone is 5. The number of alkyl halides is 3. The fourth-order valence-corrected chi connectivity index (χ4v) is 4.19. The Labute approximate surface area is 238 Å². The van der Waals surface area contributed by atoms with Gasteiger partial charge in [0.25, 0.3) is 0 Å². The summed E-state index contributed by atoms with van der Waals surface area (Å²) in [5.74, 6) is -1.40. The van der Waals surface area contributed by atoms with Crippen LogP contribution in [-0.2, 0) is 6.54 Å². The molecule has 0 saturated carbocycles. The van der Waals surface area contributed by atoms with Crippen molar-refractivity contribution in [3.8, 4) is 5.75 Å². The number of ether oxygens (including phenoxy) is 1. The fraction of sp³-hybridized carbons (Fsp3) is 0.281. The Bertz CT molecular complexity index is 1350. The summed E-state index contributed by atoms with van der Waals surface area (Å²) in [6.45, 7) is 10.1. The normalized spacial score (nSPS) is 13.0. The van der Waals surface area contributed by atoms with Crippen molar-refractivity contribution >= 4 is 11.5 Å². The summed E-state index contributed by atoms with van der Waals surface area (Å²) >= 11 is 0. The number of nitrogens with zero attached hydrogens (tertiary/aromatic N) is 1. The maximum Gasteiger partial charge on any atom is 0.415 e. The van der Waals surface area contributed by atoms with Gasteiger partial charge in [-0.3, -0.25) is 5.41 Å². The maximum atomic E-state index is 15.4. The zero-order chi connectivity index (χ0) is 30.7. The summed E-state index contributed by atoms with van der Waals surface area (Å²) in [5.41, 5.74) is 6.85. The molecule has 3 N–H and O–H groups in total. The third-order valence-electron chi connectivity index (χ3n) is 6.01. The molecule has 0 aliphatic rings. The van der Waals surface area contributed by atoms with Crippen molar-refractivity contribution in [2.24, 2.45) is 5.73 Å². The Hall–Kier alpha value is -4.14. The average molecular weight is 574 g/mol. The van der Waals surface area contributed by atoms with Gasteiger partial charge in [-0.1, -0.05) is 43.9 Å². The zero-order valence-electron chi connectivity index (χ0n) is 23.7. The van der Waals surface area contributed by atoms with Crippen LogP contribution in [0.5, 0.6) is 5.75 Å². The van der Waals surface area contributed by atoms with Crippen LogP contribution in [0.25, 0.3) is 5.57 Å². The van der Waals surface area contributed by atoms with Gasteiger partial charge in [0, 0.05) is 30.3 Å². The molecule has 0 fully saturated rings. The predicted octanol–water partition coefficient (Wildman–Crippen LogP) is 8.41. The minimum atomic E-state index is -4.74. The summed E-state index contributed by atoms with van der Waals surface area (Å²) in [6.07, 6.45) is 4.10. The van der Waals surface area contributed by atoms with E-state index in [1.54, 1.807) is 19.9 Å². The highest BCUT2D eigenvalue weighted by Crippen LogP contribution is 2.33. The highest BCUT2D eigenvalue weighted by atomic mass is 19.4. The van der Waals surface area contributed by atoms with Gasteiger partial charge in [-0.15, -0.1) is 0 Å². The largest absolute Gasteiger partial charge is 0.489 e. The number of nitrogens with one attached hydrogen (secondary N) is 1. The molecule has 2 aromatic carbocycles. The molecule has 0 aromatic heterocycles. The van der Waals surface area contributed by atoms with Crippen LogP contribution < -0.4 is 10.5 Å². The first-order valence-electron chi connectivity index (χ1n) is 13.0. The van der Waals surface area contributed by atoms with E-state index < -0.39 is 29.3 Å². The van der Waals surface area contributed by atoms with Gasteiger partial charge in [0.2, 0.25) is 0 Å². The summed E-state index contributed by atoms with van der Waals surface area (Å²) in [7, 11) is 0. The maximum absolute atomic E-state index is 15.4. The smallest absolute Gasteiger partial charge is 0.415 e. The molecule has 0 aliphatic heterocycles. The Balaban J connectivity index is 2.48. The van der Waals surface area contributed by atoms with Crippen molar-refractivity contribution in [3.05, 3.63) is 118 Å². The second kappa shape index (κ2) is 15.0. The van der Waals surface area contributed by atoms with Crippen LogP contribution in [0, 0.1) is 24.0 Å². The third kappa shape index (κ3) is 10.1. The number of hydrogen-bond acceptors (Lipinski definition) is 2. The van der Waals surface area contributed by atoms with Crippen LogP contribution in [0.4, 0.5) is 22.0 Å². The number of halogens is 5. The van der Waals surface area contributed by atoms with Crippen LogP contribution in [0.2, 0.25) is 0 Å². The van der Waals surface area contributed by atoms with Crippen molar-refractivity contribution < 1.29 is 26.7 Å². The molecule has 2 rings (SSSR count). The Kier molecular flexibility index (Phi) is 12.1. The molecule has 0 spiro atoms. The van der Waals surface area contributed by atoms with E-state index in [0.717, 1.165) is 18.1 Å². The molecule has 2 aromatic rings. The third-order valence-corrected chi connectivity index (χ3v) is 6.01. The van der Waals surface area contributed by atoms with Crippen LogP contribution in [0.3, 0.4) is 0 Å². The predicted molar refractivity (Wildman–Crippen MR) is 155 cm³/mol. The van der Waals surface area contributed by atoms with Crippen molar-refractivity contribution in [2.75, 3.05) is 13.2 Å². The molecule has 9 heteroatoms. The summed E-state index contributed by atoms with van der Waals surface area (Å²) < 4.78 is 75.7. The van der Waals surface area contributed by atoms with E-state index in [1.807, 2.05) is 32.1 Å². The molecule has 0 heterocycles. The molecule has 0 bridgehead atoms. The van der Waals surface area contributed by atoms with Crippen molar-refractivity contribution in [2.45, 2.75) is 46.8 Å². The second-order valence-corrected chi connectivity index (χ2v) is 9.39. The monoisotopic (exact) mass is 573 g/mol. The summed E-state index contributed by atoms with van der Waals surface area (Å²) in [6, 6.07) is 8.41. The Morgan fingerprint density at radius 2 is 1.83 bits per heavy atom. The van der Waals surface area contributed by atoms with Gasteiger partial charge in [-0.05, 0) is 85.4 Å². The van der Waals surface area contributed by atoms with Gasteiger partial charge in [-0.25, -0.2) is 8.78 Å². The standard InChI is InChI=1S/C32H36F5N3O/c1-6-9-23(10-7-2)20-41-27-11-12-29(30(34)17-27)28(8-3)25(15-22(5)32(35,36)37)19-40(31(38)39)18-24-13-21(4)14-26(33)16-24/h6,8-17H,5,7,18-20H2,1-4H3,(H3,38,39)/b9-6-,23-10+,25-15-,28-8+. The van der Waals surface area contributed by atoms with Crippen LogP contribution in [-0.4, -0.2) is 30.2 Å². The van der Waals surface area contributed by atoms with Crippen LogP contribution in [0.15, 0.2) is 90.1 Å². The Morgan fingerprint density at radius 3 is 2.37 bits per heavy atom. The minimum absolute atomic E-state index is 0.0203. The van der Waals surface area contributed by atoms with E-state index in [1.165, 1.54) is 41.3 Å². The first-order valence-corrected chi connectivity index (χ1v) is 13.0. The van der Waals surface area contributed by atoms with E-state index in [-0.39, 0.29) is 42.2 Å². The molecule has 0 radical (unpaired) electrons. The van der Waals surface area contributed by atoms with E-state index in [2.05, 4.69) is 6.58 Å². The molecule has 0 unspecified atom stereocenters. The molecular formula is C32H36F5N3O. The molecule has 0 amide bonds. The number of rotatable bonds is 12. The molecule has 0 atom stereocenters. The molecular weight excluding hydrogens is 537 g/mol. The quantitative estimate of drug-likeness (QED) is 0.116. The number of guanidine groups is 1. The lowest BCUT2D eigenvalue weighted by molar-refractivity contribution is -0.0878. The van der Waals surface area contributed by atoms with Gasteiger partial charge < -0.3 is 15.4 Å². The molecule has 220 valence electrons. The Morgan fingerprint density at radius 1 is 1.12 bits per heavy atom. The second-order valence-electron chi connectivity index (χ2n) is 9.39. The highest BCUT2D eigenvalue weighted by Gasteiger charge is 2.31. The van der Waals surface area contributed by atoms with Crippen molar-refractivity contribution in [3.63, 3.8) is 0 Å². The lowest BCUT2D eigenvalue weighted by atomic mass is 9.94. The first kappa shape index (κ1) is 33.1. The molecule has 0 saturated heterocycles. The van der Waals surface area contributed by atoms with Gasteiger partial charge in [0.15, 0.2) is 5.96 Å². The number of hydrogen-bond donors (Lipinski definition) is 2. The van der Waals surface area contributed by atoms with Gasteiger partial charge in [0.05, 0.1) is 0 Å². The zero-order valence-corrected chi connectivity index (χ0v) is 23.7. The topological polar surface area (TPSA) is 62.3 Å². The van der Waals surface area contributed by atoms with Gasteiger partial charge >= 0.3 is 6.18 Å². The first-order chi connectivity index (χ1) is 19.3.